The van der Waals surface area contributed by atoms with E-state index >= 15 is 0 Å². The lowest BCUT2D eigenvalue weighted by Gasteiger charge is -2.13. The number of ketones is 1. The number of carbonyl (C=O) groups is 2. The predicted octanol–water partition coefficient (Wildman–Crippen LogP) is 4.15. The van der Waals surface area contributed by atoms with E-state index in [0.29, 0.717) is 23.6 Å². The quantitative estimate of drug-likeness (QED) is 0.743. The van der Waals surface area contributed by atoms with Gasteiger partial charge >= 0.3 is 0 Å². The number of halogens is 1. The third-order valence-corrected chi connectivity index (χ3v) is 4.32. The number of carbonyl (C=O) groups excluding carboxylic acids is 2. The minimum atomic E-state index is -0.402. The Kier molecular flexibility index (Phi) is 5.74. The molecule has 2 aromatic rings. The lowest BCUT2D eigenvalue weighted by atomic mass is 10.1. The summed E-state index contributed by atoms with van der Waals surface area (Å²) in [5.74, 6) is 0.426. The maximum absolute atomic E-state index is 12.9. The van der Waals surface area contributed by atoms with Crippen LogP contribution in [0.5, 0.6) is 11.5 Å². The van der Waals surface area contributed by atoms with Gasteiger partial charge in [0, 0.05) is 36.5 Å². The third kappa shape index (κ3) is 4.64. The van der Waals surface area contributed by atoms with E-state index in [4.69, 9.17) is 9.47 Å². The van der Waals surface area contributed by atoms with Crippen molar-refractivity contribution in [3.8, 4) is 11.5 Å². The van der Waals surface area contributed by atoms with E-state index in [-0.39, 0.29) is 30.6 Å². The molecule has 1 aliphatic rings. The molecule has 142 valence electrons. The van der Waals surface area contributed by atoms with Crippen molar-refractivity contribution in [1.82, 2.24) is 0 Å². The van der Waals surface area contributed by atoms with E-state index in [1.165, 1.54) is 24.3 Å². The predicted molar refractivity (Wildman–Crippen MR) is 100.0 cm³/mol. The van der Waals surface area contributed by atoms with Crippen molar-refractivity contribution in [2.45, 2.75) is 39.2 Å². The number of ether oxygens (including phenoxy) is 2. The average Bonchev–Trinajstić information content (AvgIpc) is 2.99. The van der Waals surface area contributed by atoms with Gasteiger partial charge in [0.1, 0.15) is 23.4 Å². The second kappa shape index (κ2) is 8.20. The largest absolute Gasteiger partial charge is 0.492 e. The van der Waals surface area contributed by atoms with Crippen LogP contribution >= 0.6 is 0 Å². The molecular weight excluding hydrogens is 349 g/mol. The summed E-state index contributed by atoms with van der Waals surface area (Å²) in [5.41, 5.74) is 1.97. The highest BCUT2D eigenvalue weighted by atomic mass is 19.1. The SMILES string of the molecule is CCOc1cc2c(cc1NC(=O)CCC(=O)c1ccc(F)cc1)OC(C)C2. The summed E-state index contributed by atoms with van der Waals surface area (Å²) in [7, 11) is 0. The Morgan fingerprint density at radius 2 is 1.96 bits per heavy atom. The zero-order chi connectivity index (χ0) is 19.4. The molecule has 1 unspecified atom stereocenters. The monoisotopic (exact) mass is 371 g/mol. The average molecular weight is 371 g/mol. The molecule has 1 amide bonds. The second-order valence-electron chi connectivity index (χ2n) is 6.50. The van der Waals surface area contributed by atoms with Crippen LogP contribution < -0.4 is 14.8 Å². The van der Waals surface area contributed by atoms with Gasteiger partial charge in [0.25, 0.3) is 0 Å². The molecule has 1 aliphatic heterocycles. The molecule has 1 heterocycles. The smallest absolute Gasteiger partial charge is 0.224 e. The van der Waals surface area contributed by atoms with Gasteiger partial charge in [-0.25, -0.2) is 4.39 Å². The number of rotatable bonds is 7. The van der Waals surface area contributed by atoms with E-state index in [2.05, 4.69) is 5.32 Å². The zero-order valence-electron chi connectivity index (χ0n) is 15.4. The Balaban J connectivity index is 1.64. The number of amides is 1. The highest BCUT2D eigenvalue weighted by Crippen LogP contribution is 2.38. The summed E-state index contributed by atoms with van der Waals surface area (Å²) in [6.45, 7) is 4.33. The number of hydrogen-bond acceptors (Lipinski definition) is 4. The van der Waals surface area contributed by atoms with Gasteiger partial charge in [-0.15, -0.1) is 0 Å². The van der Waals surface area contributed by atoms with Crippen molar-refractivity contribution < 1.29 is 23.5 Å². The van der Waals surface area contributed by atoms with Gasteiger partial charge in [-0.05, 0) is 44.2 Å². The first-order chi connectivity index (χ1) is 13.0. The molecule has 0 bridgehead atoms. The fraction of sp³-hybridized carbons (Fsp3) is 0.333. The minimum absolute atomic E-state index is 0.0239. The van der Waals surface area contributed by atoms with Crippen LogP contribution in [0.3, 0.4) is 0 Å². The maximum atomic E-state index is 12.9. The van der Waals surface area contributed by atoms with Gasteiger partial charge < -0.3 is 14.8 Å². The molecule has 0 spiro atoms. The van der Waals surface area contributed by atoms with E-state index in [1.807, 2.05) is 19.9 Å². The molecular formula is C21H22FNO4. The number of fused-ring (bicyclic) bond motifs is 1. The van der Waals surface area contributed by atoms with Crippen LogP contribution in [0, 0.1) is 5.82 Å². The highest BCUT2D eigenvalue weighted by Gasteiger charge is 2.22. The summed E-state index contributed by atoms with van der Waals surface area (Å²) in [6.07, 6.45) is 0.958. The Hall–Kier alpha value is -2.89. The normalized spacial score (nSPS) is 15.0. The van der Waals surface area contributed by atoms with Crippen LogP contribution in [0.15, 0.2) is 36.4 Å². The first-order valence-corrected chi connectivity index (χ1v) is 9.01. The molecule has 0 radical (unpaired) electrons. The maximum Gasteiger partial charge on any atom is 0.224 e. The van der Waals surface area contributed by atoms with Gasteiger partial charge in [-0.3, -0.25) is 9.59 Å². The summed E-state index contributed by atoms with van der Waals surface area (Å²) in [5, 5.41) is 2.80. The van der Waals surface area contributed by atoms with Crippen molar-refractivity contribution in [3.63, 3.8) is 0 Å². The topological polar surface area (TPSA) is 64.6 Å². The Bertz CT molecular complexity index is 848. The summed E-state index contributed by atoms with van der Waals surface area (Å²) >= 11 is 0. The zero-order valence-corrected chi connectivity index (χ0v) is 15.4. The van der Waals surface area contributed by atoms with Crippen molar-refractivity contribution in [2.24, 2.45) is 0 Å². The van der Waals surface area contributed by atoms with Crippen molar-refractivity contribution in [3.05, 3.63) is 53.3 Å². The molecule has 0 aromatic heterocycles. The van der Waals surface area contributed by atoms with E-state index < -0.39 is 5.82 Å². The summed E-state index contributed by atoms with van der Waals surface area (Å²) < 4.78 is 24.3. The first-order valence-electron chi connectivity index (χ1n) is 9.01. The van der Waals surface area contributed by atoms with E-state index in [1.54, 1.807) is 6.07 Å². The van der Waals surface area contributed by atoms with Crippen LogP contribution in [-0.2, 0) is 11.2 Å². The van der Waals surface area contributed by atoms with E-state index in [9.17, 15) is 14.0 Å². The third-order valence-electron chi connectivity index (χ3n) is 4.32. The molecule has 3 rings (SSSR count). The lowest BCUT2D eigenvalue weighted by molar-refractivity contribution is -0.116. The molecule has 1 N–H and O–H groups in total. The Labute approximate surface area is 157 Å². The van der Waals surface area contributed by atoms with Crippen LogP contribution in [-0.4, -0.2) is 24.4 Å². The fourth-order valence-electron chi connectivity index (χ4n) is 3.03. The molecule has 1 atom stereocenters. The lowest BCUT2D eigenvalue weighted by Crippen LogP contribution is -2.14. The standard InChI is InChI=1S/C21H22FNO4/c1-3-26-20-11-15-10-13(2)27-19(15)12-17(20)23-21(25)9-8-18(24)14-4-6-16(22)7-5-14/h4-7,11-13H,3,8-10H2,1-2H3,(H,23,25). The summed E-state index contributed by atoms with van der Waals surface area (Å²) in [6, 6.07) is 8.95. The highest BCUT2D eigenvalue weighted by molar-refractivity contribution is 6.00. The number of anilines is 1. The van der Waals surface area contributed by atoms with Gasteiger partial charge in [-0.2, -0.15) is 0 Å². The van der Waals surface area contributed by atoms with Gasteiger partial charge in [0.15, 0.2) is 5.78 Å². The van der Waals surface area contributed by atoms with Gasteiger partial charge in [-0.1, -0.05) is 0 Å². The Morgan fingerprint density at radius 3 is 2.67 bits per heavy atom. The first kappa shape index (κ1) is 18.9. The molecule has 0 saturated carbocycles. The van der Waals surface area contributed by atoms with Crippen LogP contribution in [0.2, 0.25) is 0 Å². The molecule has 6 heteroatoms. The fourth-order valence-corrected chi connectivity index (χ4v) is 3.03. The van der Waals surface area contributed by atoms with Crippen molar-refractivity contribution in [1.29, 1.82) is 0 Å². The van der Waals surface area contributed by atoms with E-state index in [0.717, 1.165) is 17.7 Å². The van der Waals surface area contributed by atoms with Gasteiger partial charge in [0.2, 0.25) is 5.91 Å². The van der Waals surface area contributed by atoms with Crippen molar-refractivity contribution in [2.75, 3.05) is 11.9 Å². The van der Waals surface area contributed by atoms with Crippen LogP contribution in [0.4, 0.5) is 10.1 Å². The molecule has 0 saturated heterocycles. The molecule has 5 nitrogen and oxygen atoms in total. The molecule has 2 aromatic carbocycles. The van der Waals surface area contributed by atoms with Crippen LogP contribution in [0.1, 0.15) is 42.6 Å². The number of nitrogens with one attached hydrogen (secondary N) is 1. The molecule has 0 fully saturated rings. The minimum Gasteiger partial charge on any atom is -0.492 e. The number of hydrogen-bond donors (Lipinski definition) is 1. The number of Topliss-reactive ketones (excluding diaryl/α,β-unsaturated/α-hetero) is 1. The van der Waals surface area contributed by atoms with Gasteiger partial charge in [0.05, 0.1) is 12.3 Å². The molecule has 27 heavy (non-hydrogen) atoms. The van der Waals surface area contributed by atoms with Crippen LogP contribution in [0.25, 0.3) is 0 Å². The Morgan fingerprint density at radius 1 is 1.22 bits per heavy atom. The summed E-state index contributed by atoms with van der Waals surface area (Å²) in [4.78, 5) is 24.4. The molecule has 0 aliphatic carbocycles. The van der Waals surface area contributed by atoms with Crippen molar-refractivity contribution >= 4 is 17.4 Å². The number of benzene rings is 2. The second-order valence-corrected chi connectivity index (χ2v) is 6.50.